The lowest BCUT2D eigenvalue weighted by Crippen LogP contribution is -2.33. The molecule has 0 aliphatic rings. The lowest BCUT2D eigenvalue weighted by Gasteiger charge is -2.05. The van der Waals surface area contributed by atoms with Gasteiger partial charge in [-0.1, -0.05) is 0 Å². The molecule has 0 aliphatic heterocycles. The maximum Gasteiger partial charge on any atom is 0.295 e. The maximum atomic E-state index is 10.3. The average Bonchev–Trinajstić information content (AvgIpc) is 1.87. The lowest BCUT2D eigenvalue weighted by molar-refractivity contribution is -0.116. The van der Waals surface area contributed by atoms with Crippen molar-refractivity contribution in [3.8, 4) is 12.3 Å². The predicted octanol–water partition coefficient (Wildman–Crippen LogP) is -0.883. The lowest BCUT2D eigenvalue weighted by atomic mass is 10.3. The van der Waals surface area contributed by atoms with E-state index in [1.807, 2.05) is 5.92 Å². The van der Waals surface area contributed by atoms with Crippen LogP contribution in [0.1, 0.15) is 6.92 Å². The number of carbonyl (C=O) groups excluding carboxylic acids is 1. The molecule has 0 aromatic rings. The van der Waals surface area contributed by atoms with Gasteiger partial charge in [-0.15, -0.1) is 6.42 Å². The number of amides is 1. The normalized spacial score (nSPS) is 11.7. The number of hydrogen-bond donors (Lipinski definition) is 2. The van der Waals surface area contributed by atoms with Crippen LogP contribution in [0, 0.1) is 12.3 Å². The number of terminal acetylenes is 1. The summed E-state index contributed by atoms with van der Waals surface area (Å²) in [5.41, 5.74) is 0. The quantitative estimate of drug-likeness (QED) is 0.473. The Bertz CT molecular complexity index is 136. The highest BCUT2D eigenvalue weighted by Crippen LogP contribution is 1.75. The van der Waals surface area contributed by atoms with Crippen LogP contribution in [0.5, 0.6) is 0 Å². The Balaban J connectivity index is 3.50. The molecule has 0 spiro atoms. The van der Waals surface area contributed by atoms with Crippen LogP contribution in [0.15, 0.2) is 0 Å². The van der Waals surface area contributed by atoms with Gasteiger partial charge in [-0.05, 0) is 12.8 Å². The largest absolute Gasteiger partial charge is 0.394 e. The molecule has 0 aromatic heterocycles. The van der Waals surface area contributed by atoms with Gasteiger partial charge in [-0.2, -0.15) is 0 Å². The second-order valence-electron chi connectivity index (χ2n) is 1.70. The summed E-state index contributed by atoms with van der Waals surface area (Å²) in [5, 5.41) is 10.8. The fourth-order valence-electron chi connectivity index (χ4n) is 0.311. The van der Waals surface area contributed by atoms with Crippen molar-refractivity contribution in [3.05, 3.63) is 0 Å². The van der Waals surface area contributed by atoms with Crippen LogP contribution in [0.25, 0.3) is 0 Å². The molecule has 2 N–H and O–H groups in total. The van der Waals surface area contributed by atoms with E-state index in [1.165, 1.54) is 0 Å². The molecule has 0 radical (unpaired) electrons. The summed E-state index contributed by atoms with van der Waals surface area (Å²) in [6.45, 7) is 1.57. The van der Waals surface area contributed by atoms with Crippen LogP contribution in [0.4, 0.5) is 0 Å². The number of rotatable bonds is 2. The van der Waals surface area contributed by atoms with E-state index < -0.39 is 5.91 Å². The maximum absolute atomic E-state index is 10.3. The number of nitrogens with one attached hydrogen (secondary N) is 1. The number of hydrogen-bond acceptors (Lipinski definition) is 2. The first-order chi connectivity index (χ1) is 4.20. The molecule has 1 atom stereocenters. The standard InChI is InChI=1S/C6H9NO2/c1-3-6(9)7-5(2)4-8/h1,5,8H,4H2,2H3,(H,7,9). The van der Waals surface area contributed by atoms with E-state index >= 15 is 0 Å². The highest BCUT2D eigenvalue weighted by molar-refractivity contribution is 5.92. The molecule has 1 unspecified atom stereocenters. The molecular formula is C6H9NO2. The van der Waals surface area contributed by atoms with Crippen LogP contribution in [-0.2, 0) is 4.79 Å². The van der Waals surface area contributed by atoms with E-state index in [2.05, 4.69) is 5.32 Å². The van der Waals surface area contributed by atoms with E-state index in [0.717, 1.165) is 0 Å². The molecule has 0 heterocycles. The van der Waals surface area contributed by atoms with Crippen LogP contribution in [0.2, 0.25) is 0 Å². The Kier molecular flexibility index (Phi) is 3.49. The molecule has 3 heteroatoms. The molecule has 0 bridgehead atoms. The summed E-state index contributed by atoms with van der Waals surface area (Å²) >= 11 is 0. The summed E-state index contributed by atoms with van der Waals surface area (Å²) in [6.07, 6.45) is 4.73. The highest BCUT2D eigenvalue weighted by Gasteiger charge is 2.00. The van der Waals surface area contributed by atoms with Crippen LogP contribution < -0.4 is 5.32 Å². The Morgan fingerprint density at radius 3 is 2.89 bits per heavy atom. The summed E-state index contributed by atoms with van der Waals surface area (Å²) in [5.74, 6) is 1.38. The van der Waals surface area contributed by atoms with Crippen molar-refractivity contribution in [2.24, 2.45) is 0 Å². The zero-order valence-electron chi connectivity index (χ0n) is 5.22. The summed E-state index contributed by atoms with van der Waals surface area (Å²) in [7, 11) is 0. The van der Waals surface area contributed by atoms with Crippen LogP contribution >= 0.6 is 0 Å². The van der Waals surface area contributed by atoms with Gasteiger partial charge in [0.25, 0.3) is 5.91 Å². The van der Waals surface area contributed by atoms with Gasteiger partial charge in [0.05, 0.1) is 12.6 Å². The van der Waals surface area contributed by atoms with Gasteiger partial charge >= 0.3 is 0 Å². The summed E-state index contributed by atoms with van der Waals surface area (Å²) in [6, 6.07) is -0.256. The molecular weight excluding hydrogens is 118 g/mol. The molecule has 0 aliphatic carbocycles. The molecule has 0 saturated carbocycles. The van der Waals surface area contributed by atoms with Gasteiger partial charge in [0.2, 0.25) is 0 Å². The molecule has 0 rings (SSSR count). The second kappa shape index (κ2) is 3.93. The van der Waals surface area contributed by atoms with Crippen molar-refractivity contribution in [1.82, 2.24) is 5.32 Å². The first-order valence-corrected chi connectivity index (χ1v) is 2.58. The van der Waals surface area contributed by atoms with Gasteiger partial charge in [0.1, 0.15) is 0 Å². The fraction of sp³-hybridized carbons (Fsp3) is 0.500. The first-order valence-electron chi connectivity index (χ1n) is 2.58. The Hall–Kier alpha value is -1.01. The van der Waals surface area contributed by atoms with Gasteiger partial charge in [-0.3, -0.25) is 4.79 Å². The third-order valence-corrected chi connectivity index (χ3v) is 0.782. The minimum absolute atomic E-state index is 0.0899. The molecule has 0 fully saturated rings. The molecule has 9 heavy (non-hydrogen) atoms. The molecule has 0 aromatic carbocycles. The fourth-order valence-corrected chi connectivity index (χ4v) is 0.311. The van der Waals surface area contributed by atoms with Crippen molar-refractivity contribution >= 4 is 5.91 Å². The average molecular weight is 127 g/mol. The molecule has 3 nitrogen and oxygen atoms in total. The van der Waals surface area contributed by atoms with Crippen molar-refractivity contribution in [3.63, 3.8) is 0 Å². The minimum Gasteiger partial charge on any atom is -0.394 e. The van der Waals surface area contributed by atoms with E-state index in [0.29, 0.717) is 0 Å². The van der Waals surface area contributed by atoms with E-state index in [4.69, 9.17) is 11.5 Å². The van der Waals surface area contributed by atoms with Crippen LogP contribution in [-0.4, -0.2) is 23.7 Å². The summed E-state index contributed by atoms with van der Waals surface area (Å²) < 4.78 is 0. The van der Waals surface area contributed by atoms with Gasteiger partial charge < -0.3 is 10.4 Å². The highest BCUT2D eigenvalue weighted by atomic mass is 16.3. The Morgan fingerprint density at radius 2 is 2.56 bits per heavy atom. The Morgan fingerprint density at radius 1 is 2.00 bits per heavy atom. The zero-order valence-corrected chi connectivity index (χ0v) is 5.22. The topological polar surface area (TPSA) is 49.3 Å². The van der Waals surface area contributed by atoms with Crippen molar-refractivity contribution in [1.29, 1.82) is 0 Å². The van der Waals surface area contributed by atoms with Crippen molar-refractivity contribution in [2.45, 2.75) is 13.0 Å². The smallest absolute Gasteiger partial charge is 0.295 e. The second-order valence-corrected chi connectivity index (χ2v) is 1.70. The van der Waals surface area contributed by atoms with E-state index in [-0.39, 0.29) is 12.6 Å². The number of aliphatic hydroxyl groups excluding tert-OH is 1. The minimum atomic E-state index is -0.489. The molecule has 1 amide bonds. The summed E-state index contributed by atoms with van der Waals surface area (Å²) in [4.78, 5) is 10.3. The third kappa shape index (κ3) is 3.56. The predicted molar refractivity (Wildman–Crippen MR) is 33.5 cm³/mol. The first kappa shape index (κ1) is 7.99. The van der Waals surface area contributed by atoms with Gasteiger partial charge in [0, 0.05) is 0 Å². The van der Waals surface area contributed by atoms with Crippen LogP contribution in [0.3, 0.4) is 0 Å². The van der Waals surface area contributed by atoms with E-state index in [9.17, 15) is 4.79 Å². The van der Waals surface area contributed by atoms with Gasteiger partial charge in [0.15, 0.2) is 0 Å². The zero-order chi connectivity index (χ0) is 7.28. The molecule has 50 valence electrons. The third-order valence-electron chi connectivity index (χ3n) is 0.782. The van der Waals surface area contributed by atoms with Crippen molar-refractivity contribution < 1.29 is 9.90 Å². The van der Waals surface area contributed by atoms with Crippen molar-refractivity contribution in [2.75, 3.05) is 6.61 Å². The molecule has 0 saturated heterocycles. The number of aliphatic hydroxyl groups is 1. The number of carbonyl (C=O) groups is 1. The van der Waals surface area contributed by atoms with E-state index in [1.54, 1.807) is 6.92 Å². The SMILES string of the molecule is C#CC(=O)NC(C)CO. The Labute approximate surface area is 54.1 Å². The monoisotopic (exact) mass is 127 g/mol. The van der Waals surface area contributed by atoms with Gasteiger partial charge in [-0.25, -0.2) is 0 Å².